The molecule has 0 saturated carbocycles. The number of nitriles is 1. The number of halogens is 3. The Morgan fingerprint density at radius 2 is 1.91 bits per heavy atom. The van der Waals surface area contributed by atoms with E-state index >= 15 is 0 Å². The van der Waals surface area contributed by atoms with Gasteiger partial charge in [-0.25, -0.2) is 9.07 Å². The normalized spacial score (nSPS) is 14.3. The summed E-state index contributed by atoms with van der Waals surface area (Å²) in [6.45, 7) is 1.87. The van der Waals surface area contributed by atoms with Crippen molar-refractivity contribution in [3.05, 3.63) is 99.7 Å². The third-order valence-electron chi connectivity index (χ3n) is 7.48. The average molecular weight is 618 g/mol. The minimum absolute atomic E-state index is 0.0408. The van der Waals surface area contributed by atoms with Crippen LogP contribution in [0, 0.1) is 17.1 Å². The van der Waals surface area contributed by atoms with E-state index in [1.165, 1.54) is 18.3 Å². The summed E-state index contributed by atoms with van der Waals surface area (Å²) in [4.78, 5) is 4.44. The van der Waals surface area contributed by atoms with E-state index in [0.29, 0.717) is 38.7 Å². The summed E-state index contributed by atoms with van der Waals surface area (Å²) in [6.07, 6.45) is 5.39. The fourth-order valence-corrected chi connectivity index (χ4v) is 5.72. The molecular formula is C31H27Cl2FN8O. The minimum atomic E-state index is -0.539. The lowest BCUT2D eigenvalue weighted by Gasteiger charge is -2.22. The zero-order valence-electron chi connectivity index (χ0n) is 23.1. The lowest BCUT2D eigenvalue weighted by molar-refractivity contribution is 0.337. The number of hydrogen-bond donors (Lipinski definition) is 3. The molecule has 1 saturated heterocycles. The van der Waals surface area contributed by atoms with Crippen molar-refractivity contribution in [3.63, 3.8) is 0 Å². The summed E-state index contributed by atoms with van der Waals surface area (Å²) in [5.74, 6) is 0.168. The van der Waals surface area contributed by atoms with E-state index in [-0.39, 0.29) is 16.6 Å². The number of piperidine rings is 1. The molecule has 3 aromatic carbocycles. The van der Waals surface area contributed by atoms with Gasteiger partial charge in [0.2, 0.25) is 0 Å². The lowest BCUT2D eigenvalue weighted by Crippen LogP contribution is -2.29. The van der Waals surface area contributed by atoms with Gasteiger partial charge in [0.05, 0.1) is 52.2 Å². The van der Waals surface area contributed by atoms with Crippen LogP contribution in [-0.2, 0) is 0 Å². The molecule has 5 aromatic rings. The second-order valence-corrected chi connectivity index (χ2v) is 11.0. The van der Waals surface area contributed by atoms with Gasteiger partial charge in [-0.1, -0.05) is 40.5 Å². The first kappa shape index (κ1) is 28.7. The summed E-state index contributed by atoms with van der Waals surface area (Å²) < 4.78 is 21.3. The van der Waals surface area contributed by atoms with Crippen molar-refractivity contribution in [3.8, 4) is 11.8 Å². The van der Waals surface area contributed by atoms with Gasteiger partial charge in [-0.15, -0.1) is 5.10 Å². The molecule has 218 valence electrons. The smallest absolute Gasteiger partial charge is 0.141 e. The number of anilines is 3. The van der Waals surface area contributed by atoms with Gasteiger partial charge in [0.25, 0.3) is 0 Å². The molecule has 0 radical (unpaired) electrons. The Labute approximate surface area is 257 Å². The topological polar surface area (TPSA) is 113 Å². The molecule has 43 heavy (non-hydrogen) atoms. The summed E-state index contributed by atoms with van der Waals surface area (Å²) >= 11 is 12.8. The maximum atomic E-state index is 13.8. The highest BCUT2D eigenvalue weighted by molar-refractivity contribution is 6.36. The van der Waals surface area contributed by atoms with Gasteiger partial charge in [0.15, 0.2) is 0 Å². The highest BCUT2D eigenvalue weighted by Crippen LogP contribution is 2.37. The third kappa shape index (κ3) is 6.06. The molecule has 1 aliphatic heterocycles. The Bertz CT molecular complexity index is 1830. The van der Waals surface area contributed by atoms with Crippen molar-refractivity contribution in [2.24, 2.45) is 0 Å². The number of methoxy groups -OCH3 is 1. The standard InChI is InChI=1S/C31H27Cl2FN8O/c1-43-23-4-2-3-18(11-23)30(28-17-42(41-40-28)22-7-9-36-10-8-22)39-21-12-24-29(38-20-5-6-27(34)25(32)13-20)19(15-35)16-37-31(24)26(33)14-21/h2-6,11-14,16-17,22,30,36,39H,7-10H2,1H3,(H,37,38). The zero-order chi connectivity index (χ0) is 29.9. The first-order chi connectivity index (χ1) is 20.9. The van der Waals surface area contributed by atoms with Gasteiger partial charge in [0.1, 0.15) is 23.3 Å². The first-order valence-corrected chi connectivity index (χ1v) is 14.5. The van der Waals surface area contributed by atoms with Crippen molar-refractivity contribution in [2.45, 2.75) is 24.9 Å². The molecule has 1 fully saturated rings. The number of benzene rings is 3. The SMILES string of the molecule is COc1cccc(C(Nc2cc(Cl)c3ncc(C#N)c(Nc4ccc(F)c(Cl)c4)c3c2)c2cn(C3CCNCC3)nn2)c1. The average Bonchev–Trinajstić information content (AvgIpc) is 3.52. The quantitative estimate of drug-likeness (QED) is 0.170. The van der Waals surface area contributed by atoms with E-state index < -0.39 is 11.9 Å². The van der Waals surface area contributed by atoms with Crippen LogP contribution in [0.5, 0.6) is 5.75 Å². The second kappa shape index (κ2) is 12.4. The third-order valence-corrected chi connectivity index (χ3v) is 8.06. The fourth-order valence-electron chi connectivity index (χ4n) is 5.27. The highest BCUT2D eigenvalue weighted by Gasteiger charge is 2.23. The van der Waals surface area contributed by atoms with Gasteiger partial charge in [-0.05, 0) is 74.0 Å². The lowest BCUT2D eigenvalue weighted by atomic mass is 10.0. The molecule has 0 spiro atoms. The van der Waals surface area contributed by atoms with Crippen LogP contribution in [0.2, 0.25) is 10.0 Å². The van der Waals surface area contributed by atoms with E-state index in [1.54, 1.807) is 19.2 Å². The van der Waals surface area contributed by atoms with Crippen molar-refractivity contribution >= 4 is 51.2 Å². The van der Waals surface area contributed by atoms with Crippen LogP contribution in [0.4, 0.5) is 21.5 Å². The molecule has 6 rings (SSSR count). The predicted octanol–water partition coefficient (Wildman–Crippen LogP) is 7.02. The summed E-state index contributed by atoms with van der Waals surface area (Å²) in [5.41, 5.74) is 4.07. The summed E-state index contributed by atoms with van der Waals surface area (Å²) in [7, 11) is 1.63. The number of fused-ring (bicyclic) bond motifs is 1. The predicted molar refractivity (Wildman–Crippen MR) is 166 cm³/mol. The maximum absolute atomic E-state index is 13.8. The molecule has 3 N–H and O–H groups in total. The maximum Gasteiger partial charge on any atom is 0.141 e. The van der Waals surface area contributed by atoms with Gasteiger partial charge in [-0.2, -0.15) is 5.26 Å². The van der Waals surface area contributed by atoms with E-state index in [0.717, 1.165) is 37.2 Å². The molecule has 1 atom stereocenters. The van der Waals surface area contributed by atoms with E-state index in [4.69, 9.17) is 27.9 Å². The second-order valence-electron chi connectivity index (χ2n) is 10.2. The molecule has 0 bridgehead atoms. The number of nitrogens with zero attached hydrogens (tertiary/aromatic N) is 5. The highest BCUT2D eigenvalue weighted by atomic mass is 35.5. The number of pyridine rings is 1. The van der Waals surface area contributed by atoms with Crippen LogP contribution < -0.4 is 20.7 Å². The number of hydrogen-bond acceptors (Lipinski definition) is 8. The van der Waals surface area contributed by atoms with Gasteiger partial charge < -0.3 is 20.7 Å². The molecule has 9 nitrogen and oxygen atoms in total. The van der Waals surface area contributed by atoms with Crippen LogP contribution in [0.15, 0.2) is 67.0 Å². The Kier molecular flexibility index (Phi) is 8.29. The largest absolute Gasteiger partial charge is 0.497 e. The molecule has 0 aliphatic carbocycles. The molecular weight excluding hydrogens is 590 g/mol. The van der Waals surface area contributed by atoms with Gasteiger partial charge in [0, 0.05) is 23.0 Å². The van der Waals surface area contributed by atoms with Crippen molar-refractivity contribution in [1.82, 2.24) is 25.3 Å². The summed E-state index contributed by atoms with van der Waals surface area (Å²) in [5, 5.41) is 30.1. The Hall–Kier alpha value is -4.43. The Balaban J connectivity index is 1.42. The molecule has 0 amide bonds. The van der Waals surface area contributed by atoms with Crippen molar-refractivity contribution in [1.29, 1.82) is 5.26 Å². The number of aromatic nitrogens is 4. The van der Waals surface area contributed by atoms with Crippen molar-refractivity contribution in [2.75, 3.05) is 30.8 Å². The number of ether oxygens (including phenoxy) is 1. The monoisotopic (exact) mass is 616 g/mol. The molecule has 2 aromatic heterocycles. The van der Waals surface area contributed by atoms with Gasteiger partial charge in [-0.3, -0.25) is 4.98 Å². The number of rotatable bonds is 8. The minimum Gasteiger partial charge on any atom is -0.497 e. The molecule has 3 heterocycles. The fraction of sp³-hybridized carbons (Fsp3) is 0.226. The Morgan fingerprint density at radius 1 is 1.09 bits per heavy atom. The number of nitrogens with one attached hydrogen (secondary N) is 3. The van der Waals surface area contributed by atoms with E-state index in [9.17, 15) is 9.65 Å². The van der Waals surface area contributed by atoms with Crippen LogP contribution in [0.3, 0.4) is 0 Å². The summed E-state index contributed by atoms with van der Waals surface area (Å²) in [6, 6.07) is 17.7. The molecule has 12 heteroatoms. The van der Waals surface area contributed by atoms with Crippen LogP contribution in [0.1, 0.15) is 41.7 Å². The van der Waals surface area contributed by atoms with Gasteiger partial charge >= 0.3 is 0 Å². The van der Waals surface area contributed by atoms with Crippen LogP contribution in [-0.4, -0.2) is 40.2 Å². The van der Waals surface area contributed by atoms with Crippen molar-refractivity contribution < 1.29 is 9.13 Å². The molecule has 1 aliphatic rings. The van der Waals surface area contributed by atoms with E-state index in [1.807, 2.05) is 41.2 Å². The van der Waals surface area contributed by atoms with Crippen LogP contribution >= 0.6 is 23.2 Å². The van der Waals surface area contributed by atoms with E-state index in [2.05, 4.69) is 37.3 Å². The van der Waals surface area contributed by atoms with Crippen LogP contribution in [0.25, 0.3) is 10.9 Å². The Morgan fingerprint density at radius 3 is 2.67 bits per heavy atom. The zero-order valence-corrected chi connectivity index (χ0v) is 24.6. The molecule has 1 unspecified atom stereocenters. The first-order valence-electron chi connectivity index (χ1n) is 13.7.